The van der Waals surface area contributed by atoms with Crippen molar-refractivity contribution in [2.45, 2.75) is 46.7 Å². The van der Waals surface area contributed by atoms with Crippen molar-refractivity contribution in [3.05, 3.63) is 44.8 Å². The van der Waals surface area contributed by atoms with Gasteiger partial charge in [0.1, 0.15) is 0 Å². The van der Waals surface area contributed by atoms with E-state index in [1.807, 2.05) is 0 Å². The third-order valence-electron chi connectivity index (χ3n) is 3.54. The summed E-state index contributed by atoms with van der Waals surface area (Å²) in [4.78, 5) is 0. The third kappa shape index (κ3) is 3.16. The van der Waals surface area contributed by atoms with Gasteiger partial charge in [-0.25, -0.2) is 0 Å². The highest BCUT2D eigenvalue weighted by Gasteiger charge is 2.15. The highest BCUT2D eigenvalue weighted by Crippen LogP contribution is 2.27. The Hall–Kier alpha value is -1.04. The lowest BCUT2D eigenvalue weighted by Gasteiger charge is -2.16. The van der Waals surface area contributed by atoms with Crippen LogP contribution in [0.15, 0.2) is 24.3 Å². The number of halogens is 1. The summed E-state index contributed by atoms with van der Waals surface area (Å²) in [5.74, 6) is 0. The fraction of sp³-hybridized carbons (Fsp3) is 0.438. The Labute approximate surface area is 134 Å². The average Bonchev–Trinajstić information content (AvgIpc) is 2.67. The van der Waals surface area contributed by atoms with Gasteiger partial charge in [-0.3, -0.25) is 4.68 Å². The Kier molecular flexibility index (Phi) is 4.73. The number of nitrogens with zero attached hydrogens (tertiary/aromatic N) is 2. The number of aryl methyl sites for hydroxylation is 1. The molecule has 1 unspecified atom stereocenters. The zero-order valence-electron chi connectivity index (χ0n) is 12.7. The fourth-order valence-electron chi connectivity index (χ4n) is 2.43. The van der Waals surface area contributed by atoms with Gasteiger partial charge in [0.05, 0.1) is 17.1 Å². The van der Waals surface area contributed by atoms with Crippen molar-refractivity contribution in [3.63, 3.8) is 0 Å². The molecule has 0 saturated heterocycles. The van der Waals surface area contributed by atoms with E-state index >= 15 is 0 Å². The maximum atomic E-state index is 4.62. The normalized spacial score (nSPS) is 12.8. The Morgan fingerprint density at radius 1 is 1.10 bits per heavy atom. The van der Waals surface area contributed by atoms with Gasteiger partial charge in [0, 0.05) is 15.7 Å². The number of aromatic nitrogens is 2. The highest BCUT2D eigenvalue weighted by molar-refractivity contribution is 14.1. The number of anilines is 1. The summed E-state index contributed by atoms with van der Waals surface area (Å²) in [6.45, 7) is 10.7. The second-order valence-corrected chi connectivity index (χ2v) is 6.75. The van der Waals surface area contributed by atoms with E-state index in [4.69, 9.17) is 0 Å². The van der Waals surface area contributed by atoms with Crippen molar-refractivity contribution in [2.75, 3.05) is 5.32 Å². The van der Waals surface area contributed by atoms with E-state index in [9.17, 15) is 0 Å². The molecule has 2 aromatic rings. The van der Waals surface area contributed by atoms with Gasteiger partial charge in [-0.2, -0.15) is 5.10 Å². The number of benzene rings is 1. The zero-order chi connectivity index (χ0) is 14.9. The lowest BCUT2D eigenvalue weighted by Crippen LogP contribution is -2.09. The van der Waals surface area contributed by atoms with Gasteiger partial charge in [0.25, 0.3) is 0 Å². The number of hydrogen-bond donors (Lipinski definition) is 1. The second kappa shape index (κ2) is 6.16. The summed E-state index contributed by atoms with van der Waals surface area (Å²) in [7, 11) is 0. The molecular formula is C16H22IN3. The molecule has 0 fully saturated rings. The van der Waals surface area contributed by atoms with Crippen molar-refractivity contribution >= 4 is 28.3 Å². The van der Waals surface area contributed by atoms with Crippen molar-refractivity contribution in [1.29, 1.82) is 0 Å². The van der Waals surface area contributed by atoms with Crippen LogP contribution >= 0.6 is 22.6 Å². The van der Waals surface area contributed by atoms with Crippen molar-refractivity contribution in [2.24, 2.45) is 0 Å². The fourth-order valence-corrected chi connectivity index (χ4v) is 2.79. The first kappa shape index (κ1) is 15.4. The third-order valence-corrected chi connectivity index (χ3v) is 4.26. The number of rotatable bonds is 4. The van der Waals surface area contributed by atoms with Gasteiger partial charge in [-0.05, 0) is 74.9 Å². The molecule has 1 aromatic carbocycles. The highest BCUT2D eigenvalue weighted by atomic mass is 127. The lowest BCUT2D eigenvalue weighted by molar-refractivity contribution is 0.516. The van der Waals surface area contributed by atoms with Crippen LogP contribution in [0.4, 0.5) is 5.69 Å². The first-order valence-electron chi connectivity index (χ1n) is 6.98. The van der Waals surface area contributed by atoms with E-state index in [0.29, 0.717) is 6.04 Å². The van der Waals surface area contributed by atoms with Gasteiger partial charge in [-0.1, -0.05) is 12.1 Å². The number of nitrogens with one attached hydrogen (secondary N) is 1. The standard InChI is InChI=1S/C16H22IN3/c1-10(2)20-13(5)16(12(4)19-20)18-11(3)14-6-8-15(17)9-7-14/h6-11,18H,1-5H3. The summed E-state index contributed by atoms with van der Waals surface area (Å²) >= 11 is 2.33. The summed E-state index contributed by atoms with van der Waals surface area (Å²) in [5.41, 5.74) is 4.72. The SMILES string of the molecule is Cc1nn(C(C)C)c(C)c1NC(C)c1ccc(I)cc1. The summed E-state index contributed by atoms with van der Waals surface area (Å²) in [6, 6.07) is 9.30. The summed E-state index contributed by atoms with van der Waals surface area (Å²) in [6.07, 6.45) is 0. The predicted molar refractivity (Wildman–Crippen MR) is 93.3 cm³/mol. The molecule has 0 amide bonds. The quantitative estimate of drug-likeness (QED) is 0.765. The van der Waals surface area contributed by atoms with Crippen LogP contribution in [0.3, 0.4) is 0 Å². The predicted octanol–water partition coefficient (Wildman–Crippen LogP) is 4.86. The molecular weight excluding hydrogens is 361 g/mol. The van der Waals surface area contributed by atoms with Gasteiger partial charge in [0.2, 0.25) is 0 Å². The molecule has 0 radical (unpaired) electrons. The first-order chi connectivity index (χ1) is 9.40. The minimum atomic E-state index is 0.272. The zero-order valence-corrected chi connectivity index (χ0v) is 14.9. The molecule has 1 atom stereocenters. The summed E-state index contributed by atoms with van der Waals surface area (Å²) < 4.78 is 3.34. The molecule has 0 saturated carbocycles. The smallest absolute Gasteiger partial charge is 0.0828 e. The molecule has 108 valence electrons. The van der Waals surface area contributed by atoms with Gasteiger partial charge < -0.3 is 5.32 Å². The largest absolute Gasteiger partial charge is 0.376 e. The minimum absolute atomic E-state index is 0.272. The molecule has 1 heterocycles. The molecule has 3 nitrogen and oxygen atoms in total. The molecule has 1 aromatic heterocycles. The van der Waals surface area contributed by atoms with Crippen LogP contribution in [-0.2, 0) is 0 Å². The van der Waals surface area contributed by atoms with E-state index in [0.717, 1.165) is 11.4 Å². The average molecular weight is 383 g/mol. The lowest BCUT2D eigenvalue weighted by atomic mass is 10.1. The minimum Gasteiger partial charge on any atom is -0.376 e. The maximum absolute atomic E-state index is 4.62. The molecule has 2 rings (SSSR count). The van der Waals surface area contributed by atoms with Gasteiger partial charge >= 0.3 is 0 Å². The van der Waals surface area contributed by atoms with E-state index in [1.165, 1.54) is 14.8 Å². The van der Waals surface area contributed by atoms with Crippen LogP contribution in [0.1, 0.15) is 49.8 Å². The summed E-state index contributed by atoms with van der Waals surface area (Å²) in [5, 5.41) is 8.23. The molecule has 0 spiro atoms. The van der Waals surface area contributed by atoms with Crippen LogP contribution in [0.25, 0.3) is 0 Å². The van der Waals surface area contributed by atoms with Crippen LogP contribution in [-0.4, -0.2) is 9.78 Å². The van der Waals surface area contributed by atoms with Crippen LogP contribution < -0.4 is 5.32 Å². The van der Waals surface area contributed by atoms with Crippen LogP contribution in [0.2, 0.25) is 0 Å². The molecule has 0 aliphatic rings. The Balaban J connectivity index is 2.23. The van der Waals surface area contributed by atoms with E-state index in [-0.39, 0.29) is 6.04 Å². The van der Waals surface area contributed by atoms with Crippen molar-refractivity contribution in [1.82, 2.24) is 9.78 Å². The van der Waals surface area contributed by atoms with Gasteiger partial charge in [0.15, 0.2) is 0 Å². The topological polar surface area (TPSA) is 29.9 Å². The maximum Gasteiger partial charge on any atom is 0.0828 e. The molecule has 0 aliphatic carbocycles. The van der Waals surface area contributed by atoms with Crippen molar-refractivity contribution in [3.8, 4) is 0 Å². The van der Waals surface area contributed by atoms with E-state index in [1.54, 1.807) is 0 Å². The van der Waals surface area contributed by atoms with E-state index < -0.39 is 0 Å². The van der Waals surface area contributed by atoms with Crippen LogP contribution in [0, 0.1) is 17.4 Å². The monoisotopic (exact) mass is 383 g/mol. The molecule has 0 bridgehead atoms. The van der Waals surface area contributed by atoms with E-state index in [2.05, 4.69) is 96.6 Å². The first-order valence-corrected chi connectivity index (χ1v) is 8.05. The second-order valence-electron chi connectivity index (χ2n) is 5.50. The van der Waals surface area contributed by atoms with Crippen molar-refractivity contribution < 1.29 is 0 Å². The Morgan fingerprint density at radius 2 is 1.70 bits per heavy atom. The molecule has 4 heteroatoms. The van der Waals surface area contributed by atoms with Crippen LogP contribution in [0.5, 0.6) is 0 Å². The Morgan fingerprint density at radius 3 is 2.20 bits per heavy atom. The molecule has 1 N–H and O–H groups in total. The van der Waals surface area contributed by atoms with Gasteiger partial charge in [-0.15, -0.1) is 0 Å². The molecule has 0 aliphatic heterocycles. The molecule has 20 heavy (non-hydrogen) atoms. The number of hydrogen-bond acceptors (Lipinski definition) is 2. The Bertz CT molecular complexity index is 585.